The summed E-state index contributed by atoms with van der Waals surface area (Å²) in [4.78, 5) is 29.4. The van der Waals surface area contributed by atoms with Crippen LogP contribution in [0.3, 0.4) is 0 Å². The van der Waals surface area contributed by atoms with Crippen LogP contribution in [0.1, 0.15) is 31.7 Å². The second kappa shape index (κ2) is 8.05. The Morgan fingerprint density at radius 2 is 1.79 bits per heavy atom. The van der Waals surface area contributed by atoms with Crippen molar-refractivity contribution in [2.45, 2.75) is 32.6 Å². The number of para-hydroxylation sites is 1. The van der Waals surface area contributed by atoms with Gasteiger partial charge < -0.3 is 15.1 Å². The predicted molar refractivity (Wildman–Crippen MR) is 113 cm³/mol. The topological polar surface area (TPSA) is 52.7 Å². The molecule has 2 aromatic carbocycles. The van der Waals surface area contributed by atoms with E-state index in [4.69, 9.17) is 0 Å². The molecule has 2 aliphatic rings. The summed E-state index contributed by atoms with van der Waals surface area (Å²) >= 11 is 0. The first-order chi connectivity index (χ1) is 13.7. The average molecular weight is 377 g/mol. The number of rotatable bonds is 5. The molecule has 0 spiro atoms. The van der Waals surface area contributed by atoms with Gasteiger partial charge in [-0.25, -0.2) is 0 Å². The van der Waals surface area contributed by atoms with Crippen LogP contribution in [0.5, 0.6) is 0 Å². The fraction of sp³-hybridized carbons (Fsp3) is 0.391. The number of anilines is 3. The Labute approximate surface area is 166 Å². The van der Waals surface area contributed by atoms with Crippen LogP contribution in [0.4, 0.5) is 17.1 Å². The zero-order chi connectivity index (χ0) is 19.5. The molecule has 0 bridgehead atoms. The second-order valence-corrected chi connectivity index (χ2v) is 7.62. The van der Waals surface area contributed by atoms with E-state index < -0.39 is 0 Å². The van der Waals surface area contributed by atoms with Crippen molar-refractivity contribution in [1.82, 2.24) is 0 Å². The van der Waals surface area contributed by atoms with Crippen molar-refractivity contribution in [3.63, 3.8) is 0 Å². The Balaban J connectivity index is 1.41. The van der Waals surface area contributed by atoms with Gasteiger partial charge in [0.05, 0.1) is 5.92 Å². The first kappa shape index (κ1) is 18.5. The number of amides is 2. The smallest absolute Gasteiger partial charge is 0.229 e. The normalized spacial score (nSPS) is 19.3. The summed E-state index contributed by atoms with van der Waals surface area (Å²) in [7, 11) is 0. The van der Waals surface area contributed by atoms with Crippen molar-refractivity contribution in [1.29, 1.82) is 0 Å². The predicted octanol–water partition coefficient (Wildman–Crippen LogP) is 3.84. The first-order valence-electron chi connectivity index (χ1n) is 10.2. The van der Waals surface area contributed by atoms with Crippen molar-refractivity contribution >= 4 is 28.9 Å². The maximum atomic E-state index is 12.7. The highest BCUT2D eigenvalue weighted by Gasteiger charge is 2.35. The molecule has 2 aliphatic heterocycles. The summed E-state index contributed by atoms with van der Waals surface area (Å²) in [6.07, 6.45) is 3.60. The molecule has 5 nitrogen and oxygen atoms in total. The van der Waals surface area contributed by atoms with E-state index in [0.29, 0.717) is 6.54 Å². The fourth-order valence-electron chi connectivity index (χ4n) is 4.16. The van der Waals surface area contributed by atoms with E-state index in [2.05, 4.69) is 29.3 Å². The van der Waals surface area contributed by atoms with Gasteiger partial charge in [0.15, 0.2) is 0 Å². The molecule has 0 radical (unpaired) electrons. The molecule has 146 valence electrons. The molecule has 1 N–H and O–H groups in total. The van der Waals surface area contributed by atoms with Crippen molar-refractivity contribution in [2.75, 3.05) is 34.8 Å². The quantitative estimate of drug-likeness (QED) is 0.861. The molecule has 1 atom stereocenters. The highest BCUT2D eigenvalue weighted by Crippen LogP contribution is 2.29. The van der Waals surface area contributed by atoms with E-state index in [9.17, 15) is 9.59 Å². The van der Waals surface area contributed by atoms with E-state index in [1.54, 1.807) is 4.90 Å². The van der Waals surface area contributed by atoms with Gasteiger partial charge in [-0.05, 0) is 55.2 Å². The molecular weight excluding hydrogens is 350 g/mol. The van der Waals surface area contributed by atoms with Crippen molar-refractivity contribution in [2.24, 2.45) is 5.92 Å². The van der Waals surface area contributed by atoms with E-state index in [1.165, 1.54) is 18.5 Å². The lowest BCUT2D eigenvalue weighted by atomic mass is 10.1. The molecule has 0 aliphatic carbocycles. The highest BCUT2D eigenvalue weighted by atomic mass is 16.2. The Bertz CT molecular complexity index is 856. The van der Waals surface area contributed by atoms with E-state index in [0.717, 1.165) is 36.4 Å². The van der Waals surface area contributed by atoms with Crippen LogP contribution in [-0.2, 0) is 16.0 Å². The van der Waals surface area contributed by atoms with Crippen molar-refractivity contribution < 1.29 is 9.59 Å². The molecule has 2 amide bonds. The molecule has 0 saturated carbocycles. The Morgan fingerprint density at radius 1 is 1.07 bits per heavy atom. The molecule has 2 fully saturated rings. The second-order valence-electron chi connectivity index (χ2n) is 7.62. The molecule has 2 aromatic rings. The number of aryl methyl sites for hydroxylation is 1. The summed E-state index contributed by atoms with van der Waals surface area (Å²) in [6.45, 7) is 4.72. The van der Waals surface area contributed by atoms with Crippen molar-refractivity contribution in [3.8, 4) is 0 Å². The zero-order valence-electron chi connectivity index (χ0n) is 16.4. The van der Waals surface area contributed by atoms with Gasteiger partial charge in [0, 0.05) is 43.1 Å². The van der Waals surface area contributed by atoms with E-state index in [-0.39, 0.29) is 24.2 Å². The Kier molecular flexibility index (Phi) is 5.33. The fourth-order valence-corrected chi connectivity index (χ4v) is 4.16. The minimum absolute atomic E-state index is 0.0189. The number of nitrogens with zero attached hydrogens (tertiary/aromatic N) is 2. The third-order valence-electron chi connectivity index (χ3n) is 5.77. The van der Waals surface area contributed by atoms with E-state index in [1.807, 2.05) is 36.4 Å². The maximum Gasteiger partial charge on any atom is 0.229 e. The highest BCUT2D eigenvalue weighted by molar-refractivity contribution is 6.03. The van der Waals surface area contributed by atoms with Crippen LogP contribution < -0.4 is 15.1 Å². The molecule has 1 unspecified atom stereocenters. The Hall–Kier alpha value is -2.82. The summed E-state index contributed by atoms with van der Waals surface area (Å²) in [5, 5.41) is 2.99. The molecule has 2 saturated heterocycles. The standard InChI is InChI=1S/C23H27N3O2/c1-2-17-7-3-4-8-21(17)26-16-18(15-22(26)27)23(28)24-19-9-11-20(12-10-19)25-13-5-6-14-25/h3-4,7-12,18H,2,5-6,13-16H2,1H3,(H,24,28). The SMILES string of the molecule is CCc1ccccc1N1CC(C(=O)Nc2ccc(N3CCCC3)cc2)CC1=O. The lowest BCUT2D eigenvalue weighted by Crippen LogP contribution is -2.28. The van der Waals surface area contributed by atoms with E-state index >= 15 is 0 Å². The third kappa shape index (κ3) is 3.75. The number of nitrogens with one attached hydrogen (secondary N) is 1. The van der Waals surface area contributed by atoms with Crippen LogP contribution in [0.2, 0.25) is 0 Å². The number of carbonyl (C=O) groups excluding carboxylic acids is 2. The summed E-state index contributed by atoms with van der Waals surface area (Å²) in [5.41, 5.74) is 4.05. The van der Waals surface area contributed by atoms with Gasteiger partial charge in [-0.15, -0.1) is 0 Å². The minimum Gasteiger partial charge on any atom is -0.372 e. The third-order valence-corrected chi connectivity index (χ3v) is 5.77. The van der Waals surface area contributed by atoms with Gasteiger partial charge in [-0.1, -0.05) is 25.1 Å². The molecule has 5 heteroatoms. The van der Waals surface area contributed by atoms with Gasteiger partial charge in [0.1, 0.15) is 0 Å². The lowest BCUT2D eigenvalue weighted by molar-refractivity contribution is -0.122. The van der Waals surface area contributed by atoms with Gasteiger partial charge >= 0.3 is 0 Å². The average Bonchev–Trinajstić information content (AvgIpc) is 3.38. The summed E-state index contributed by atoms with van der Waals surface area (Å²) in [6, 6.07) is 16.0. The molecule has 28 heavy (non-hydrogen) atoms. The van der Waals surface area contributed by atoms with Crippen LogP contribution in [0, 0.1) is 5.92 Å². The Morgan fingerprint density at radius 3 is 2.50 bits per heavy atom. The number of hydrogen-bond acceptors (Lipinski definition) is 3. The van der Waals surface area contributed by atoms with Crippen LogP contribution in [-0.4, -0.2) is 31.4 Å². The molecule has 0 aromatic heterocycles. The number of carbonyl (C=O) groups is 2. The van der Waals surface area contributed by atoms with Gasteiger partial charge in [0.25, 0.3) is 0 Å². The lowest BCUT2D eigenvalue weighted by Gasteiger charge is -2.20. The molecule has 2 heterocycles. The largest absolute Gasteiger partial charge is 0.372 e. The van der Waals surface area contributed by atoms with Crippen LogP contribution in [0.15, 0.2) is 48.5 Å². The van der Waals surface area contributed by atoms with Crippen LogP contribution in [0.25, 0.3) is 0 Å². The van der Waals surface area contributed by atoms with Crippen LogP contribution >= 0.6 is 0 Å². The minimum atomic E-state index is -0.323. The zero-order valence-corrected chi connectivity index (χ0v) is 16.4. The first-order valence-corrected chi connectivity index (χ1v) is 10.2. The van der Waals surface area contributed by atoms with Gasteiger partial charge in [0.2, 0.25) is 11.8 Å². The van der Waals surface area contributed by atoms with Crippen molar-refractivity contribution in [3.05, 3.63) is 54.1 Å². The summed E-state index contributed by atoms with van der Waals surface area (Å²) < 4.78 is 0. The van der Waals surface area contributed by atoms with Gasteiger partial charge in [-0.2, -0.15) is 0 Å². The monoisotopic (exact) mass is 377 g/mol. The molecular formula is C23H27N3O2. The number of benzene rings is 2. The maximum absolute atomic E-state index is 12.7. The van der Waals surface area contributed by atoms with Gasteiger partial charge in [-0.3, -0.25) is 9.59 Å². The summed E-state index contributed by atoms with van der Waals surface area (Å²) in [5.74, 6) is -0.389. The molecule has 4 rings (SSSR count). The number of hydrogen-bond donors (Lipinski definition) is 1.